The Morgan fingerprint density at radius 1 is 0.868 bits per heavy atom. The number of esters is 1. The maximum absolute atomic E-state index is 13.3. The van der Waals surface area contributed by atoms with Crippen LogP contribution in [0.5, 0.6) is 5.75 Å². The lowest BCUT2D eigenvalue weighted by Gasteiger charge is -2.29. The average Bonchev–Trinajstić information content (AvgIpc) is 2.83. The number of methoxy groups -OCH3 is 1. The molecule has 2 rings (SSSR count). The summed E-state index contributed by atoms with van der Waals surface area (Å²) >= 11 is 0. The van der Waals surface area contributed by atoms with E-state index in [2.05, 4.69) is 30.3 Å². The van der Waals surface area contributed by atoms with Gasteiger partial charge in [-0.05, 0) is 50.1 Å². The molecule has 2 aromatic rings. The number of alkyl carbamates (subject to hydrolysis) is 2. The van der Waals surface area contributed by atoms with Crippen molar-refractivity contribution < 1.29 is 33.3 Å². The summed E-state index contributed by atoms with van der Waals surface area (Å²) in [5, 5.41) is 5.33. The molecule has 0 radical (unpaired) electrons. The predicted octanol–water partition coefficient (Wildman–Crippen LogP) is 5.44. The zero-order chi connectivity index (χ0) is 28.3. The van der Waals surface area contributed by atoms with E-state index in [1.54, 1.807) is 45.0 Å². The van der Waals surface area contributed by atoms with Crippen LogP contribution in [0.1, 0.15) is 37.9 Å². The summed E-state index contributed by atoms with van der Waals surface area (Å²) in [6.45, 7) is 11.9. The summed E-state index contributed by atoms with van der Waals surface area (Å²) in [7, 11) is 0.0476. The Morgan fingerprint density at radius 2 is 1.50 bits per heavy atom. The number of carbonyl (C=O) groups excluding carboxylic acids is 3. The van der Waals surface area contributed by atoms with Crippen LogP contribution in [0.25, 0.3) is 0 Å². The molecule has 0 saturated heterocycles. The molecule has 2 N–H and O–H groups in total. The third-order valence-electron chi connectivity index (χ3n) is 5.32. The molecule has 10 heteroatoms. The molecule has 38 heavy (non-hydrogen) atoms. The van der Waals surface area contributed by atoms with Gasteiger partial charge >= 0.3 is 18.2 Å². The van der Waals surface area contributed by atoms with E-state index >= 15 is 0 Å². The second-order valence-electron chi connectivity index (χ2n) is 11.1. The van der Waals surface area contributed by atoms with E-state index in [-0.39, 0.29) is 13.2 Å². The first-order chi connectivity index (χ1) is 17.8. The molecule has 0 spiro atoms. The lowest BCUT2D eigenvalue weighted by Crippen LogP contribution is -2.52. The highest BCUT2D eigenvalue weighted by molar-refractivity contribution is 6.76. The van der Waals surface area contributed by atoms with Crippen LogP contribution in [0.3, 0.4) is 0 Å². The van der Waals surface area contributed by atoms with Gasteiger partial charge in [0.1, 0.15) is 18.0 Å². The molecular weight excluding hydrogens is 504 g/mol. The second-order valence-corrected chi connectivity index (χ2v) is 16.7. The fourth-order valence-electron chi connectivity index (χ4n) is 3.32. The Morgan fingerprint density at radius 3 is 2.05 bits per heavy atom. The first kappa shape index (κ1) is 30.7. The van der Waals surface area contributed by atoms with Crippen molar-refractivity contribution in [1.29, 1.82) is 0 Å². The van der Waals surface area contributed by atoms with Crippen LogP contribution >= 0.6 is 0 Å². The van der Waals surface area contributed by atoms with Gasteiger partial charge in [-0.1, -0.05) is 62.1 Å². The molecule has 0 aliphatic carbocycles. The Hall–Kier alpha value is -3.53. The van der Waals surface area contributed by atoms with E-state index in [0.717, 1.165) is 11.6 Å². The summed E-state index contributed by atoms with van der Waals surface area (Å²) in [6, 6.07) is 14.4. The summed E-state index contributed by atoms with van der Waals surface area (Å²) in [4.78, 5) is 39.0. The van der Waals surface area contributed by atoms with E-state index < -0.39 is 43.9 Å². The van der Waals surface area contributed by atoms with Crippen LogP contribution in [0.2, 0.25) is 25.7 Å². The molecule has 0 unspecified atom stereocenters. The lowest BCUT2D eigenvalue weighted by molar-refractivity contribution is -0.146. The van der Waals surface area contributed by atoms with Gasteiger partial charge in [-0.3, -0.25) is 0 Å². The molecule has 0 fully saturated rings. The van der Waals surface area contributed by atoms with Gasteiger partial charge in [0.25, 0.3) is 0 Å². The van der Waals surface area contributed by atoms with Crippen molar-refractivity contribution in [2.75, 3.05) is 13.7 Å². The smallest absolute Gasteiger partial charge is 0.408 e. The monoisotopic (exact) mass is 544 g/mol. The van der Waals surface area contributed by atoms with Crippen LogP contribution in [-0.2, 0) is 25.6 Å². The molecule has 9 nitrogen and oxygen atoms in total. The van der Waals surface area contributed by atoms with E-state index in [0.29, 0.717) is 11.3 Å². The van der Waals surface area contributed by atoms with Gasteiger partial charge in [-0.15, -0.1) is 0 Å². The highest BCUT2D eigenvalue weighted by Crippen LogP contribution is 2.23. The zero-order valence-electron chi connectivity index (χ0n) is 23.3. The van der Waals surface area contributed by atoms with Crippen molar-refractivity contribution in [2.45, 2.75) is 70.7 Å². The first-order valence-corrected chi connectivity index (χ1v) is 16.3. The van der Waals surface area contributed by atoms with Gasteiger partial charge in [-0.25, -0.2) is 14.4 Å². The SMILES string of the molecule is COc1ccc([C@@H](NC(=O)OC(C)(C)C)[C@H](NC(=O)OCc2ccccc2)C(=O)OCC[Si](C)(C)C)cc1. The number of rotatable bonds is 11. The molecule has 0 heterocycles. The maximum atomic E-state index is 13.3. The number of hydrogen-bond donors (Lipinski definition) is 2. The van der Waals surface area contributed by atoms with E-state index in [9.17, 15) is 14.4 Å². The van der Waals surface area contributed by atoms with Crippen molar-refractivity contribution in [2.24, 2.45) is 0 Å². The number of carbonyl (C=O) groups is 3. The van der Waals surface area contributed by atoms with Crippen LogP contribution in [0.4, 0.5) is 9.59 Å². The molecule has 2 aromatic carbocycles. The third-order valence-corrected chi connectivity index (χ3v) is 7.02. The normalized spacial score (nSPS) is 13.0. The maximum Gasteiger partial charge on any atom is 0.408 e. The molecule has 2 atom stereocenters. The lowest BCUT2D eigenvalue weighted by atomic mass is 9.99. The van der Waals surface area contributed by atoms with Crippen molar-refractivity contribution >= 4 is 26.2 Å². The molecule has 0 saturated carbocycles. The highest BCUT2D eigenvalue weighted by Gasteiger charge is 2.35. The van der Waals surface area contributed by atoms with Crippen LogP contribution < -0.4 is 15.4 Å². The predicted molar refractivity (Wildman–Crippen MR) is 148 cm³/mol. The van der Waals surface area contributed by atoms with Gasteiger partial charge < -0.3 is 29.6 Å². The second kappa shape index (κ2) is 13.9. The fraction of sp³-hybridized carbons (Fsp3) is 0.464. The molecule has 0 bridgehead atoms. The summed E-state index contributed by atoms with van der Waals surface area (Å²) in [5.74, 6) is -0.106. The molecule has 0 aliphatic rings. The molecule has 0 aromatic heterocycles. The first-order valence-electron chi connectivity index (χ1n) is 12.5. The summed E-state index contributed by atoms with van der Waals surface area (Å²) in [6.07, 6.45) is -1.58. The van der Waals surface area contributed by atoms with Crippen molar-refractivity contribution in [3.05, 3.63) is 65.7 Å². The van der Waals surface area contributed by atoms with Gasteiger partial charge in [-0.2, -0.15) is 0 Å². The van der Waals surface area contributed by atoms with Gasteiger partial charge in [0, 0.05) is 8.07 Å². The Bertz CT molecular complexity index is 1050. The van der Waals surface area contributed by atoms with Gasteiger partial charge in [0.2, 0.25) is 0 Å². The van der Waals surface area contributed by atoms with Gasteiger partial charge in [0.05, 0.1) is 19.8 Å². The minimum Gasteiger partial charge on any atom is -0.497 e. The zero-order valence-corrected chi connectivity index (χ0v) is 24.3. The number of hydrogen-bond acceptors (Lipinski definition) is 7. The van der Waals surface area contributed by atoms with E-state index in [1.165, 1.54) is 7.11 Å². The third kappa shape index (κ3) is 11.2. The Kier molecular flexibility index (Phi) is 11.2. The van der Waals surface area contributed by atoms with Crippen LogP contribution in [-0.4, -0.2) is 51.6 Å². The molecule has 208 valence electrons. The van der Waals surface area contributed by atoms with Crippen LogP contribution in [0.15, 0.2) is 54.6 Å². The highest BCUT2D eigenvalue weighted by atomic mass is 28.3. The Balaban J connectivity index is 2.33. The summed E-state index contributed by atoms with van der Waals surface area (Å²) < 4.78 is 21.6. The number of nitrogens with one attached hydrogen (secondary N) is 2. The van der Waals surface area contributed by atoms with E-state index in [4.69, 9.17) is 18.9 Å². The average molecular weight is 545 g/mol. The van der Waals surface area contributed by atoms with Crippen molar-refractivity contribution in [3.63, 3.8) is 0 Å². The number of benzene rings is 2. The molecule has 2 amide bonds. The van der Waals surface area contributed by atoms with Crippen molar-refractivity contribution in [3.8, 4) is 5.75 Å². The fourth-order valence-corrected chi connectivity index (χ4v) is 4.04. The van der Waals surface area contributed by atoms with Crippen molar-refractivity contribution in [1.82, 2.24) is 10.6 Å². The Labute approximate surface area is 226 Å². The minimum absolute atomic E-state index is 0.0107. The standard InChI is InChI=1S/C28H40N2O7Si/c1-28(2,3)37-27(33)29-23(21-13-15-22(34-4)16-14-21)24(25(31)35-17-18-38(5,6)7)30-26(32)36-19-20-11-9-8-10-12-20/h8-16,23-24H,17-19H2,1-7H3,(H,29,33)(H,30,32)/t23-,24+/m1/s1. The minimum atomic E-state index is -1.49. The van der Waals surface area contributed by atoms with Crippen LogP contribution in [0, 0.1) is 0 Å². The number of ether oxygens (including phenoxy) is 4. The summed E-state index contributed by atoms with van der Waals surface area (Å²) in [5.41, 5.74) is 0.548. The van der Waals surface area contributed by atoms with E-state index in [1.807, 2.05) is 30.3 Å². The topological polar surface area (TPSA) is 112 Å². The van der Waals surface area contributed by atoms with Gasteiger partial charge in [0.15, 0.2) is 6.04 Å². The molecular formula is C28H40N2O7Si. The molecule has 0 aliphatic heterocycles. The largest absolute Gasteiger partial charge is 0.497 e. The quantitative estimate of drug-likeness (QED) is 0.220. The number of amides is 2.